The standard InChI is InChI=1S/C17H24N2O2/c1-2-8-18-14(9-12-4-3-5-12)13-6-7-16-15(10-13)19-17(20)11-21-16/h6-7,10,12,14,18H,2-5,8-9,11H2,1H3,(H,19,20). The molecule has 21 heavy (non-hydrogen) atoms. The van der Waals surface area contributed by atoms with Crippen LogP contribution in [-0.4, -0.2) is 19.1 Å². The maximum Gasteiger partial charge on any atom is 0.262 e. The van der Waals surface area contributed by atoms with E-state index in [1.54, 1.807) is 0 Å². The summed E-state index contributed by atoms with van der Waals surface area (Å²) in [6.45, 7) is 3.33. The maximum absolute atomic E-state index is 11.5. The average Bonchev–Trinajstić information content (AvgIpc) is 2.45. The molecule has 1 fully saturated rings. The lowest BCUT2D eigenvalue weighted by atomic mass is 9.79. The van der Waals surface area contributed by atoms with E-state index in [9.17, 15) is 4.79 Å². The van der Waals surface area contributed by atoms with Crippen molar-refractivity contribution in [2.45, 2.75) is 45.1 Å². The van der Waals surface area contributed by atoms with Gasteiger partial charge in [0.15, 0.2) is 6.61 Å². The molecule has 3 rings (SSSR count). The highest BCUT2D eigenvalue weighted by Gasteiger charge is 2.24. The summed E-state index contributed by atoms with van der Waals surface area (Å²) in [5, 5.41) is 6.55. The predicted octanol–water partition coefficient (Wildman–Crippen LogP) is 3.25. The zero-order valence-electron chi connectivity index (χ0n) is 12.7. The smallest absolute Gasteiger partial charge is 0.262 e. The lowest BCUT2D eigenvalue weighted by molar-refractivity contribution is -0.118. The van der Waals surface area contributed by atoms with E-state index < -0.39 is 0 Å². The minimum atomic E-state index is -0.0725. The summed E-state index contributed by atoms with van der Waals surface area (Å²) in [5.41, 5.74) is 2.06. The first-order chi connectivity index (χ1) is 10.3. The molecule has 1 aliphatic heterocycles. The van der Waals surface area contributed by atoms with Gasteiger partial charge in [0.1, 0.15) is 5.75 Å². The van der Waals surface area contributed by atoms with Crippen LogP contribution in [0.25, 0.3) is 0 Å². The molecule has 1 aromatic carbocycles. The van der Waals surface area contributed by atoms with Crippen molar-refractivity contribution < 1.29 is 9.53 Å². The Morgan fingerprint density at radius 2 is 2.29 bits per heavy atom. The van der Waals surface area contributed by atoms with Gasteiger partial charge in [-0.2, -0.15) is 0 Å². The van der Waals surface area contributed by atoms with Crippen LogP contribution in [0.3, 0.4) is 0 Å². The van der Waals surface area contributed by atoms with Crippen molar-refractivity contribution in [3.05, 3.63) is 23.8 Å². The number of amides is 1. The van der Waals surface area contributed by atoms with Crippen LogP contribution in [0.15, 0.2) is 18.2 Å². The summed E-state index contributed by atoms with van der Waals surface area (Å²) in [6, 6.07) is 6.55. The number of nitrogens with one attached hydrogen (secondary N) is 2. The van der Waals surface area contributed by atoms with Crippen molar-refractivity contribution in [2.75, 3.05) is 18.5 Å². The predicted molar refractivity (Wildman–Crippen MR) is 83.6 cm³/mol. The summed E-state index contributed by atoms with van der Waals surface area (Å²) in [5.74, 6) is 1.55. The van der Waals surface area contributed by atoms with Crippen LogP contribution in [0.5, 0.6) is 5.75 Å². The molecule has 0 bridgehead atoms. The van der Waals surface area contributed by atoms with Crippen molar-refractivity contribution in [3.63, 3.8) is 0 Å². The van der Waals surface area contributed by atoms with E-state index in [0.717, 1.165) is 30.3 Å². The maximum atomic E-state index is 11.5. The largest absolute Gasteiger partial charge is 0.482 e. The second-order valence-electron chi connectivity index (χ2n) is 6.13. The monoisotopic (exact) mass is 288 g/mol. The van der Waals surface area contributed by atoms with Gasteiger partial charge in [0, 0.05) is 6.04 Å². The van der Waals surface area contributed by atoms with Crippen LogP contribution in [0.4, 0.5) is 5.69 Å². The zero-order valence-corrected chi connectivity index (χ0v) is 12.7. The first kappa shape index (κ1) is 14.4. The molecule has 1 aromatic rings. The second kappa shape index (κ2) is 6.48. The molecule has 0 aromatic heterocycles. The molecule has 4 nitrogen and oxygen atoms in total. The minimum absolute atomic E-state index is 0.0725. The van der Waals surface area contributed by atoms with Crippen LogP contribution < -0.4 is 15.4 Å². The van der Waals surface area contributed by atoms with E-state index in [1.165, 1.54) is 31.2 Å². The Labute approximate surface area is 126 Å². The number of carbonyl (C=O) groups excluding carboxylic acids is 1. The third-order valence-electron chi connectivity index (χ3n) is 4.47. The Balaban J connectivity index is 1.77. The molecule has 1 saturated carbocycles. The van der Waals surface area contributed by atoms with Crippen molar-refractivity contribution in [1.82, 2.24) is 5.32 Å². The van der Waals surface area contributed by atoms with Crippen LogP contribution in [0.1, 0.15) is 50.6 Å². The molecule has 0 saturated heterocycles. The van der Waals surface area contributed by atoms with E-state index in [-0.39, 0.29) is 12.5 Å². The van der Waals surface area contributed by atoms with Crippen LogP contribution >= 0.6 is 0 Å². The van der Waals surface area contributed by atoms with E-state index in [0.29, 0.717) is 6.04 Å². The van der Waals surface area contributed by atoms with Gasteiger partial charge >= 0.3 is 0 Å². The second-order valence-corrected chi connectivity index (χ2v) is 6.13. The van der Waals surface area contributed by atoms with Gasteiger partial charge in [-0.1, -0.05) is 32.3 Å². The van der Waals surface area contributed by atoms with Gasteiger partial charge < -0.3 is 15.4 Å². The number of benzene rings is 1. The van der Waals surface area contributed by atoms with Crippen molar-refractivity contribution in [3.8, 4) is 5.75 Å². The topological polar surface area (TPSA) is 50.4 Å². The molecular weight excluding hydrogens is 264 g/mol. The van der Waals surface area contributed by atoms with E-state index in [4.69, 9.17) is 4.74 Å². The summed E-state index contributed by atoms with van der Waals surface area (Å²) in [6.07, 6.45) is 6.41. The van der Waals surface area contributed by atoms with Crippen molar-refractivity contribution >= 4 is 11.6 Å². The van der Waals surface area contributed by atoms with Gasteiger partial charge in [0.05, 0.1) is 5.69 Å². The molecule has 2 aliphatic rings. The summed E-state index contributed by atoms with van der Waals surface area (Å²) < 4.78 is 5.43. The Kier molecular flexibility index (Phi) is 4.44. The number of rotatable bonds is 6. The molecule has 0 radical (unpaired) electrons. The van der Waals surface area contributed by atoms with Crippen molar-refractivity contribution in [2.24, 2.45) is 5.92 Å². The van der Waals surface area contributed by atoms with E-state index in [2.05, 4.69) is 29.7 Å². The molecular formula is C17H24N2O2. The van der Waals surface area contributed by atoms with Gasteiger partial charge in [-0.15, -0.1) is 0 Å². The molecule has 1 heterocycles. The number of hydrogen-bond acceptors (Lipinski definition) is 3. The fourth-order valence-electron chi connectivity index (χ4n) is 3.04. The van der Waals surface area contributed by atoms with E-state index >= 15 is 0 Å². The lowest BCUT2D eigenvalue weighted by Crippen LogP contribution is -2.28. The van der Waals surface area contributed by atoms with Gasteiger partial charge in [-0.3, -0.25) is 4.79 Å². The zero-order chi connectivity index (χ0) is 14.7. The summed E-state index contributed by atoms with van der Waals surface area (Å²) in [7, 11) is 0. The number of fused-ring (bicyclic) bond motifs is 1. The Morgan fingerprint density at radius 3 is 3.00 bits per heavy atom. The molecule has 1 atom stereocenters. The summed E-state index contributed by atoms with van der Waals surface area (Å²) in [4.78, 5) is 11.5. The van der Waals surface area contributed by atoms with E-state index in [1.807, 2.05) is 6.07 Å². The van der Waals surface area contributed by atoms with Crippen LogP contribution in [-0.2, 0) is 4.79 Å². The first-order valence-electron chi connectivity index (χ1n) is 8.06. The Hall–Kier alpha value is -1.55. The molecule has 4 heteroatoms. The fourth-order valence-corrected chi connectivity index (χ4v) is 3.04. The fraction of sp³-hybridized carbons (Fsp3) is 0.588. The normalized spacial score (nSPS) is 19.2. The average molecular weight is 288 g/mol. The highest BCUT2D eigenvalue weighted by atomic mass is 16.5. The van der Waals surface area contributed by atoms with Crippen LogP contribution in [0.2, 0.25) is 0 Å². The molecule has 1 unspecified atom stereocenters. The molecule has 114 valence electrons. The number of anilines is 1. The van der Waals surface area contributed by atoms with Gasteiger partial charge in [0.2, 0.25) is 0 Å². The third kappa shape index (κ3) is 3.38. The molecule has 1 amide bonds. The highest BCUT2D eigenvalue weighted by molar-refractivity contribution is 5.95. The highest BCUT2D eigenvalue weighted by Crippen LogP contribution is 2.37. The Bertz CT molecular complexity index is 512. The number of carbonyl (C=O) groups is 1. The lowest BCUT2D eigenvalue weighted by Gasteiger charge is -2.31. The molecule has 0 spiro atoms. The number of ether oxygens (including phenoxy) is 1. The van der Waals surface area contributed by atoms with Crippen molar-refractivity contribution in [1.29, 1.82) is 0 Å². The SMILES string of the molecule is CCCNC(CC1CCC1)c1ccc2c(c1)NC(=O)CO2. The minimum Gasteiger partial charge on any atom is -0.482 e. The van der Waals surface area contributed by atoms with Gasteiger partial charge in [0.25, 0.3) is 5.91 Å². The van der Waals surface area contributed by atoms with Gasteiger partial charge in [-0.05, 0) is 43.0 Å². The number of hydrogen-bond donors (Lipinski definition) is 2. The van der Waals surface area contributed by atoms with Gasteiger partial charge in [-0.25, -0.2) is 0 Å². The Morgan fingerprint density at radius 1 is 1.43 bits per heavy atom. The molecule has 2 N–H and O–H groups in total. The summed E-state index contributed by atoms with van der Waals surface area (Å²) >= 11 is 0. The quantitative estimate of drug-likeness (QED) is 0.845. The third-order valence-corrected chi connectivity index (χ3v) is 4.47. The first-order valence-corrected chi connectivity index (χ1v) is 8.06. The van der Waals surface area contributed by atoms with Crippen LogP contribution in [0, 0.1) is 5.92 Å². The molecule has 1 aliphatic carbocycles.